The van der Waals surface area contributed by atoms with E-state index in [2.05, 4.69) is 25.6 Å². The Morgan fingerprint density at radius 3 is 2.80 bits per heavy atom. The summed E-state index contributed by atoms with van der Waals surface area (Å²) in [5.41, 5.74) is 3.20. The van der Waals surface area contributed by atoms with E-state index in [0.29, 0.717) is 35.8 Å². The van der Waals surface area contributed by atoms with Gasteiger partial charge in [0.15, 0.2) is 0 Å². The number of carbonyl (C=O) groups excluding carboxylic acids is 2. The van der Waals surface area contributed by atoms with Gasteiger partial charge in [0.05, 0.1) is 11.9 Å². The van der Waals surface area contributed by atoms with Crippen molar-refractivity contribution in [3.8, 4) is 0 Å². The molecule has 0 spiro atoms. The lowest BCUT2D eigenvalue weighted by atomic mass is 10.2. The first-order valence-electron chi connectivity index (χ1n) is 9.58. The van der Waals surface area contributed by atoms with E-state index in [0.717, 1.165) is 16.5 Å². The molecule has 3 heterocycles. The maximum absolute atomic E-state index is 12.4. The van der Waals surface area contributed by atoms with Gasteiger partial charge in [-0.3, -0.25) is 9.59 Å². The van der Waals surface area contributed by atoms with E-state index in [-0.39, 0.29) is 11.8 Å². The lowest BCUT2D eigenvalue weighted by Gasteiger charge is -2.09. The SMILES string of the molecule is CN(C)CCC(=O)Nc1cnc2[nH]cc(C=C3N=C(c4ccccc4)NC3=O)c2c1. The van der Waals surface area contributed by atoms with Crippen molar-refractivity contribution < 1.29 is 9.59 Å². The number of pyridine rings is 1. The predicted octanol–water partition coefficient (Wildman–Crippen LogP) is 2.37. The summed E-state index contributed by atoms with van der Waals surface area (Å²) in [5.74, 6) is 0.190. The first-order chi connectivity index (χ1) is 14.5. The molecule has 1 aliphatic heterocycles. The molecule has 3 N–H and O–H groups in total. The van der Waals surface area contributed by atoms with Crippen molar-refractivity contribution in [2.45, 2.75) is 6.42 Å². The van der Waals surface area contributed by atoms with Crippen LogP contribution < -0.4 is 10.6 Å². The predicted molar refractivity (Wildman–Crippen MR) is 117 cm³/mol. The smallest absolute Gasteiger partial charge is 0.275 e. The second-order valence-corrected chi connectivity index (χ2v) is 7.28. The molecule has 2 aromatic heterocycles. The second kappa shape index (κ2) is 8.30. The van der Waals surface area contributed by atoms with Gasteiger partial charge < -0.3 is 20.5 Å². The number of nitrogens with zero attached hydrogens (tertiary/aromatic N) is 3. The quantitative estimate of drug-likeness (QED) is 0.551. The van der Waals surface area contributed by atoms with E-state index in [9.17, 15) is 9.59 Å². The molecule has 0 fully saturated rings. The minimum atomic E-state index is -0.260. The van der Waals surface area contributed by atoms with Crippen LogP contribution in [0.25, 0.3) is 17.1 Å². The van der Waals surface area contributed by atoms with Crippen molar-refractivity contribution in [2.24, 2.45) is 4.99 Å². The van der Waals surface area contributed by atoms with Crippen LogP contribution in [-0.4, -0.2) is 53.2 Å². The average molecular weight is 402 g/mol. The van der Waals surface area contributed by atoms with Gasteiger partial charge in [0.2, 0.25) is 5.91 Å². The molecule has 8 heteroatoms. The highest BCUT2D eigenvalue weighted by Crippen LogP contribution is 2.24. The van der Waals surface area contributed by atoms with Gasteiger partial charge in [0.25, 0.3) is 5.91 Å². The van der Waals surface area contributed by atoms with Crippen LogP contribution in [0.3, 0.4) is 0 Å². The van der Waals surface area contributed by atoms with E-state index in [1.165, 1.54) is 0 Å². The summed E-state index contributed by atoms with van der Waals surface area (Å²) in [6.45, 7) is 0.667. The Balaban J connectivity index is 1.59. The highest BCUT2D eigenvalue weighted by atomic mass is 16.2. The lowest BCUT2D eigenvalue weighted by molar-refractivity contribution is -0.116. The highest BCUT2D eigenvalue weighted by Gasteiger charge is 2.21. The number of anilines is 1. The van der Waals surface area contributed by atoms with E-state index >= 15 is 0 Å². The van der Waals surface area contributed by atoms with Gasteiger partial charge >= 0.3 is 0 Å². The van der Waals surface area contributed by atoms with E-state index < -0.39 is 0 Å². The van der Waals surface area contributed by atoms with Crippen LogP contribution in [0, 0.1) is 0 Å². The fourth-order valence-electron chi connectivity index (χ4n) is 3.11. The Labute approximate surface area is 173 Å². The van der Waals surface area contributed by atoms with Gasteiger partial charge in [-0.2, -0.15) is 0 Å². The van der Waals surface area contributed by atoms with Crippen LogP contribution in [-0.2, 0) is 9.59 Å². The number of amides is 2. The molecule has 0 saturated carbocycles. The van der Waals surface area contributed by atoms with Crippen LogP contribution in [0.4, 0.5) is 5.69 Å². The summed E-state index contributed by atoms with van der Waals surface area (Å²) in [5, 5.41) is 6.46. The Bertz CT molecular complexity index is 1160. The van der Waals surface area contributed by atoms with Crippen molar-refractivity contribution in [3.63, 3.8) is 0 Å². The van der Waals surface area contributed by atoms with Gasteiger partial charge in [-0.25, -0.2) is 9.98 Å². The monoisotopic (exact) mass is 402 g/mol. The number of aromatic amines is 1. The van der Waals surface area contributed by atoms with Crippen molar-refractivity contribution in [2.75, 3.05) is 26.0 Å². The number of H-pyrrole nitrogens is 1. The standard InChI is InChI=1S/C22H22N6O2/c1-28(2)9-8-19(29)25-16-11-17-15(12-23-21(17)24-13-16)10-18-22(30)27-20(26-18)14-6-4-3-5-7-14/h3-7,10-13H,8-9H2,1-2H3,(H,23,24)(H,25,29)(H,26,27,30). The fraction of sp³-hybridized carbons (Fsp3) is 0.182. The second-order valence-electron chi connectivity index (χ2n) is 7.28. The van der Waals surface area contributed by atoms with E-state index in [1.54, 1.807) is 18.5 Å². The number of aromatic nitrogens is 2. The zero-order valence-electron chi connectivity index (χ0n) is 16.8. The summed E-state index contributed by atoms with van der Waals surface area (Å²) in [4.78, 5) is 38.3. The summed E-state index contributed by atoms with van der Waals surface area (Å²) in [7, 11) is 3.84. The topological polar surface area (TPSA) is 102 Å². The van der Waals surface area contributed by atoms with Gasteiger partial charge in [-0.15, -0.1) is 0 Å². The molecule has 1 aromatic carbocycles. The zero-order chi connectivity index (χ0) is 21.1. The molecule has 4 rings (SSSR count). The number of amidine groups is 1. The first-order valence-corrected chi connectivity index (χ1v) is 9.58. The third-order valence-electron chi connectivity index (χ3n) is 4.67. The van der Waals surface area contributed by atoms with Crippen LogP contribution in [0.5, 0.6) is 0 Å². The van der Waals surface area contributed by atoms with Crippen LogP contribution in [0.15, 0.2) is 59.5 Å². The molecular weight excluding hydrogens is 380 g/mol. The Hall–Kier alpha value is -3.78. The van der Waals surface area contributed by atoms with Crippen molar-refractivity contribution in [3.05, 3.63) is 65.6 Å². The molecule has 0 atom stereocenters. The normalized spacial score (nSPS) is 15.0. The molecular formula is C22H22N6O2. The average Bonchev–Trinajstić information content (AvgIpc) is 3.31. The van der Waals surface area contributed by atoms with Crippen molar-refractivity contribution in [1.82, 2.24) is 20.2 Å². The van der Waals surface area contributed by atoms with Gasteiger partial charge in [0.1, 0.15) is 17.2 Å². The minimum Gasteiger partial charge on any atom is -0.346 e. The molecule has 0 unspecified atom stereocenters. The van der Waals surface area contributed by atoms with Gasteiger partial charge in [-0.05, 0) is 26.2 Å². The first kappa shape index (κ1) is 19.5. The van der Waals surface area contributed by atoms with Crippen molar-refractivity contribution in [1.29, 1.82) is 0 Å². The lowest BCUT2D eigenvalue weighted by Crippen LogP contribution is -2.24. The number of hydrogen-bond acceptors (Lipinski definition) is 5. The van der Waals surface area contributed by atoms with Gasteiger partial charge in [-0.1, -0.05) is 30.3 Å². The summed E-state index contributed by atoms with van der Waals surface area (Å²) in [6.07, 6.45) is 5.48. The Kier molecular flexibility index (Phi) is 5.40. The Morgan fingerprint density at radius 2 is 2.03 bits per heavy atom. The summed E-state index contributed by atoms with van der Waals surface area (Å²) in [6, 6.07) is 11.3. The van der Waals surface area contributed by atoms with Crippen LogP contribution >= 0.6 is 0 Å². The fourth-order valence-corrected chi connectivity index (χ4v) is 3.11. The van der Waals surface area contributed by atoms with Gasteiger partial charge in [0, 0.05) is 35.7 Å². The number of rotatable bonds is 6. The molecule has 0 bridgehead atoms. The summed E-state index contributed by atoms with van der Waals surface area (Å²) >= 11 is 0. The molecule has 30 heavy (non-hydrogen) atoms. The van der Waals surface area contributed by atoms with Crippen molar-refractivity contribution >= 4 is 40.4 Å². The molecule has 0 saturated heterocycles. The highest BCUT2D eigenvalue weighted by molar-refractivity contribution is 6.20. The number of aliphatic imine (C=N–C) groups is 1. The van der Waals surface area contributed by atoms with Crippen LogP contribution in [0.1, 0.15) is 17.5 Å². The molecule has 8 nitrogen and oxygen atoms in total. The number of hydrogen-bond donors (Lipinski definition) is 3. The maximum atomic E-state index is 12.4. The third kappa shape index (κ3) is 4.28. The molecule has 0 radical (unpaired) electrons. The van der Waals surface area contributed by atoms with E-state index in [1.807, 2.05) is 55.4 Å². The Morgan fingerprint density at radius 1 is 1.23 bits per heavy atom. The molecule has 3 aromatic rings. The summed E-state index contributed by atoms with van der Waals surface area (Å²) < 4.78 is 0. The minimum absolute atomic E-state index is 0.0763. The third-order valence-corrected chi connectivity index (χ3v) is 4.67. The molecule has 1 aliphatic rings. The largest absolute Gasteiger partial charge is 0.346 e. The number of fused-ring (bicyclic) bond motifs is 1. The zero-order valence-corrected chi connectivity index (χ0v) is 16.8. The van der Waals surface area contributed by atoms with E-state index in [4.69, 9.17) is 0 Å². The number of carbonyl (C=O) groups is 2. The molecule has 0 aliphatic carbocycles. The molecule has 2 amide bonds. The van der Waals surface area contributed by atoms with Crippen LogP contribution in [0.2, 0.25) is 0 Å². The number of benzene rings is 1. The molecule has 152 valence electrons. The maximum Gasteiger partial charge on any atom is 0.275 e. The number of nitrogens with one attached hydrogen (secondary N) is 3.